The summed E-state index contributed by atoms with van der Waals surface area (Å²) in [6, 6.07) is 4.84. The summed E-state index contributed by atoms with van der Waals surface area (Å²) in [5, 5.41) is 11.1. The number of methoxy groups -OCH3 is 1. The topological polar surface area (TPSA) is 49.8 Å². The summed E-state index contributed by atoms with van der Waals surface area (Å²) < 4.78 is 5.30. The largest absolute Gasteiger partial charge is 0.388 e. The molecule has 21 heavy (non-hydrogen) atoms. The number of likely N-dealkylation sites (tertiary alicyclic amines) is 1. The Kier molecular flexibility index (Phi) is 5.88. The van der Waals surface area contributed by atoms with Crippen molar-refractivity contribution in [3.8, 4) is 0 Å². The van der Waals surface area contributed by atoms with Crippen molar-refractivity contribution in [2.45, 2.75) is 31.5 Å². The molecule has 6 heteroatoms. The maximum absolute atomic E-state index is 12.3. The fourth-order valence-corrected chi connectivity index (χ4v) is 3.08. The van der Waals surface area contributed by atoms with E-state index in [-0.39, 0.29) is 18.4 Å². The highest BCUT2D eigenvalue weighted by Gasteiger charge is 2.25. The van der Waals surface area contributed by atoms with Gasteiger partial charge in [0.1, 0.15) is 0 Å². The van der Waals surface area contributed by atoms with Crippen molar-refractivity contribution in [3.63, 3.8) is 0 Å². The molecule has 1 aliphatic rings. The van der Waals surface area contributed by atoms with Gasteiger partial charge in [-0.05, 0) is 36.6 Å². The van der Waals surface area contributed by atoms with E-state index in [1.807, 2.05) is 0 Å². The minimum Gasteiger partial charge on any atom is -0.388 e. The third-order valence-electron chi connectivity index (χ3n) is 3.70. The third kappa shape index (κ3) is 4.58. The van der Waals surface area contributed by atoms with Crippen LogP contribution in [0.5, 0.6) is 0 Å². The zero-order valence-electron chi connectivity index (χ0n) is 11.9. The lowest BCUT2D eigenvalue weighted by molar-refractivity contribution is -0.136. The van der Waals surface area contributed by atoms with Gasteiger partial charge in [-0.25, -0.2) is 0 Å². The van der Waals surface area contributed by atoms with Gasteiger partial charge in [-0.1, -0.05) is 23.2 Å². The molecule has 1 fully saturated rings. The average molecular weight is 332 g/mol. The molecule has 2 unspecified atom stereocenters. The lowest BCUT2D eigenvalue weighted by Crippen LogP contribution is -2.43. The molecule has 1 saturated heterocycles. The molecule has 0 aliphatic carbocycles. The van der Waals surface area contributed by atoms with Gasteiger partial charge < -0.3 is 14.7 Å². The van der Waals surface area contributed by atoms with Crippen LogP contribution in [0.2, 0.25) is 10.0 Å². The van der Waals surface area contributed by atoms with E-state index >= 15 is 0 Å². The lowest BCUT2D eigenvalue weighted by Gasteiger charge is -2.32. The van der Waals surface area contributed by atoms with Crippen molar-refractivity contribution in [3.05, 3.63) is 33.8 Å². The summed E-state index contributed by atoms with van der Waals surface area (Å²) in [6.45, 7) is 1.29. The van der Waals surface area contributed by atoms with E-state index in [0.29, 0.717) is 28.7 Å². The molecule has 0 saturated carbocycles. The van der Waals surface area contributed by atoms with Crippen molar-refractivity contribution in [1.29, 1.82) is 0 Å². The molecule has 1 amide bonds. The number of amides is 1. The highest BCUT2D eigenvalue weighted by atomic mass is 35.5. The van der Waals surface area contributed by atoms with Gasteiger partial charge in [-0.2, -0.15) is 0 Å². The van der Waals surface area contributed by atoms with Gasteiger partial charge in [-0.3, -0.25) is 4.79 Å². The quantitative estimate of drug-likeness (QED) is 0.922. The standard InChI is InChI=1S/C15H19Cl2NO3/c1-21-13-3-2-4-18(9-13)15(20)8-14(19)10-5-11(16)7-12(17)6-10/h5-7,13-14,19H,2-4,8-9H2,1H3. The van der Waals surface area contributed by atoms with Crippen molar-refractivity contribution in [2.75, 3.05) is 20.2 Å². The first kappa shape index (κ1) is 16.6. The SMILES string of the molecule is COC1CCCN(C(=O)CC(O)c2cc(Cl)cc(Cl)c2)C1. The number of hydrogen-bond acceptors (Lipinski definition) is 3. The van der Waals surface area contributed by atoms with Crippen LogP contribution in [0.15, 0.2) is 18.2 Å². The van der Waals surface area contributed by atoms with Crippen LogP contribution in [-0.2, 0) is 9.53 Å². The second kappa shape index (κ2) is 7.45. The van der Waals surface area contributed by atoms with Crippen LogP contribution >= 0.6 is 23.2 Å². The number of aliphatic hydroxyl groups is 1. The zero-order valence-corrected chi connectivity index (χ0v) is 13.4. The number of rotatable bonds is 4. The molecule has 1 aromatic carbocycles. The number of halogens is 2. The van der Waals surface area contributed by atoms with Crippen LogP contribution in [0.4, 0.5) is 0 Å². The number of carbonyl (C=O) groups excluding carboxylic acids is 1. The third-order valence-corrected chi connectivity index (χ3v) is 4.14. The molecule has 2 rings (SSSR count). The Morgan fingerprint density at radius 1 is 1.43 bits per heavy atom. The van der Waals surface area contributed by atoms with Crippen LogP contribution < -0.4 is 0 Å². The molecule has 1 heterocycles. The monoisotopic (exact) mass is 331 g/mol. The highest BCUT2D eigenvalue weighted by molar-refractivity contribution is 6.34. The first-order valence-electron chi connectivity index (χ1n) is 6.94. The van der Waals surface area contributed by atoms with E-state index in [9.17, 15) is 9.90 Å². The van der Waals surface area contributed by atoms with E-state index in [1.165, 1.54) is 0 Å². The van der Waals surface area contributed by atoms with Crippen molar-refractivity contribution in [2.24, 2.45) is 0 Å². The minimum absolute atomic E-state index is 0.0209. The second-order valence-corrected chi connectivity index (χ2v) is 6.14. The van der Waals surface area contributed by atoms with Crippen LogP contribution in [0, 0.1) is 0 Å². The van der Waals surface area contributed by atoms with Gasteiger partial charge in [-0.15, -0.1) is 0 Å². The number of nitrogens with zero attached hydrogens (tertiary/aromatic N) is 1. The number of hydrogen-bond donors (Lipinski definition) is 1. The van der Waals surface area contributed by atoms with Gasteiger partial charge in [0.2, 0.25) is 5.91 Å². The van der Waals surface area contributed by atoms with E-state index < -0.39 is 6.10 Å². The molecule has 1 N–H and O–H groups in total. The molecule has 0 spiro atoms. The predicted octanol–water partition coefficient (Wildman–Crippen LogP) is 3.05. The van der Waals surface area contributed by atoms with Crippen LogP contribution in [-0.4, -0.2) is 42.2 Å². The van der Waals surface area contributed by atoms with Crippen molar-refractivity contribution >= 4 is 29.1 Å². The average Bonchev–Trinajstić information content (AvgIpc) is 2.46. The Hall–Kier alpha value is -0.810. The van der Waals surface area contributed by atoms with E-state index in [4.69, 9.17) is 27.9 Å². The number of aliphatic hydroxyl groups excluding tert-OH is 1. The van der Waals surface area contributed by atoms with Crippen LogP contribution in [0.1, 0.15) is 30.9 Å². The Balaban J connectivity index is 1.98. The van der Waals surface area contributed by atoms with E-state index in [0.717, 1.165) is 12.8 Å². The number of ether oxygens (including phenoxy) is 1. The number of piperidine rings is 1. The molecule has 0 aromatic heterocycles. The van der Waals surface area contributed by atoms with Gasteiger partial charge in [0.15, 0.2) is 0 Å². The molecule has 116 valence electrons. The molecule has 1 aliphatic heterocycles. The first-order valence-corrected chi connectivity index (χ1v) is 7.70. The molecule has 1 aromatic rings. The lowest BCUT2D eigenvalue weighted by atomic mass is 10.0. The first-order chi connectivity index (χ1) is 9.99. The molecule has 0 radical (unpaired) electrons. The summed E-state index contributed by atoms with van der Waals surface area (Å²) >= 11 is 11.8. The molecule has 0 bridgehead atoms. The summed E-state index contributed by atoms with van der Waals surface area (Å²) in [6.07, 6.45) is 1.08. The van der Waals surface area contributed by atoms with Gasteiger partial charge >= 0.3 is 0 Å². The molecule has 4 nitrogen and oxygen atoms in total. The second-order valence-electron chi connectivity index (χ2n) is 5.26. The van der Waals surface area contributed by atoms with Crippen molar-refractivity contribution < 1.29 is 14.6 Å². The van der Waals surface area contributed by atoms with Gasteiger partial charge in [0, 0.05) is 30.2 Å². The Morgan fingerprint density at radius 2 is 2.10 bits per heavy atom. The van der Waals surface area contributed by atoms with E-state index in [2.05, 4.69) is 0 Å². The molecular formula is C15H19Cl2NO3. The summed E-state index contributed by atoms with van der Waals surface area (Å²) in [5.74, 6) is -0.0830. The van der Waals surface area contributed by atoms with Gasteiger partial charge in [0.05, 0.1) is 18.6 Å². The summed E-state index contributed by atoms with van der Waals surface area (Å²) in [4.78, 5) is 14.0. The summed E-state index contributed by atoms with van der Waals surface area (Å²) in [7, 11) is 1.65. The number of carbonyl (C=O) groups is 1. The highest BCUT2D eigenvalue weighted by Crippen LogP contribution is 2.26. The van der Waals surface area contributed by atoms with Crippen molar-refractivity contribution in [1.82, 2.24) is 4.90 Å². The molecular weight excluding hydrogens is 313 g/mol. The van der Waals surface area contributed by atoms with Crippen LogP contribution in [0.3, 0.4) is 0 Å². The van der Waals surface area contributed by atoms with E-state index in [1.54, 1.807) is 30.2 Å². The maximum Gasteiger partial charge on any atom is 0.225 e. The van der Waals surface area contributed by atoms with Gasteiger partial charge in [0.25, 0.3) is 0 Å². The fraction of sp³-hybridized carbons (Fsp3) is 0.533. The maximum atomic E-state index is 12.3. The summed E-state index contributed by atoms with van der Waals surface area (Å²) in [5.41, 5.74) is 0.557. The predicted molar refractivity (Wildman–Crippen MR) is 82.6 cm³/mol. The Labute approximate surface area is 134 Å². The minimum atomic E-state index is -0.906. The zero-order chi connectivity index (χ0) is 15.4. The smallest absolute Gasteiger partial charge is 0.225 e. The Morgan fingerprint density at radius 3 is 2.71 bits per heavy atom. The fourth-order valence-electron chi connectivity index (χ4n) is 2.54. The number of benzene rings is 1. The molecule has 2 atom stereocenters. The normalized spacial score (nSPS) is 20.4. The Bertz CT molecular complexity index is 489. The van der Waals surface area contributed by atoms with Crippen LogP contribution in [0.25, 0.3) is 0 Å².